The first kappa shape index (κ1) is 17.7. The fourth-order valence-corrected chi connectivity index (χ4v) is 2.71. The van der Waals surface area contributed by atoms with Gasteiger partial charge in [0, 0.05) is 0 Å². The van der Waals surface area contributed by atoms with Crippen LogP contribution in [0.15, 0.2) is 0 Å². The maximum atomic E-state index is 11.5. The third-order valence-electron chi connectivity index (χ3n) is 2.89. The molecule has 1 aliphatic rings. The van der Waals surface area contributed by atoms with Gasteiger partial charge in [0.2, 0.25) is 0 Å². The van der Waals surface area contributed by atoms with Crippen LogP contribution in [0.4, 0.5) is 0 Å². The van der Waals surface area contributed by atoms with Gasteiger partial charge in [-0.15, -0.1) is 0 Å². The molecule has 0 aromatic heterocycles. The predicted octanol–water partition coefficient (Wildman–Crippen LogP) is -2.33. The maximum absolute atomic E-state index is 11.5. The molecule has 0 unspecified atom stereocenters. The molecule has 0 radical (unpaired) electrons. The second kappa shape index (κ2) is 6.20. The minimum absolute atomic E-state index is 0.166. The van der Waals surface area contributed by atoms with Crippen molar-refractivity contribution in [3.8, 4) is 0 Å². The van der Waals surface area contributed by atoms with Gasteiger partial charge in [-0.3, -0.25) is 4.55 Å². The molecule has 1 fully saturated rings. The molecule has 1 heterocycles. The zero-order valence-electron chi connectivity index (χ0n) is 11.1. The summed E-state index contributed by atoms with van der Waals surface area (Å²) in [5.74, 6) is -0.166. The van der Waals surface area contributed by atoms with Crippen LogP contribution < -0.4 is 0 Å². The molecule has 5 atom stereocenters. The van der Waals surface area contributed by atoms with E-state index >= 15 is 0 Å². The summed E-state index contributed by atoms with van der Waals surface area (Å²) in [6, 6.07) is 0. The summed E-state index contributed by atoms with van der Waals surface area (Å²) < 4.78 is 42.1. The van der Waals surface area contributed by atoms with Crippen molar-refractivity contribution in [3.63, 3.8) is 0 Å². The van der Waals surface area contributed by atoms with Gasteiger partial charge in [-0.25, -0.2) is 0 Å². The summed E-state index contributed by atoms with van der Waals surface area (Å²) >= 11 is 0. The first-order chi connectivity index (χ1) is 9.06. The molecule has 5 N–H and O–H groups in total. The summed E-state index contributed by atoms with van der Waals surface area (Å²) in [6.07, 6.45) is -7.49. The highest BCUT2D eigenvalue weighted by Crippen LogP contribution is 2.35. The first-order valence-corrected chi connectivity index (χ1v) is 7.44. The van der Waals surface area contributed by atoms with Crippen LogP contribution in [-0.4, -0.2) is 76.1 Å². The van der Waals surface area contributed by atoms with Crippen molar-refractivity contribution < 1.29 is 42.9 Å². The topological polar surface area (TPSA) is 154 Å². The van der Waals surface area contributed by atoms with Gasteiger partial charge in [0.1, 0.15) is 18.3 Å². The molecule has 20 heavy (non-hydrogen) atoms. The van der Waals surface area contributed by atoms with Crippen molar-refractivity contribution >= 4 is 10.1 Å². The summed E-state index contributed by atoms with van der Waals surface area (Å²) in [4.78, 5) is 0. The Morgan fingerprint density at radius 1 is 1.25 bits per heavy atom. The van der Waals surface area contributed by atoms with Crippen LogP contribution in [0.3, 0.4) is 0 Å². The molecule has 0 amide bonds. The minimum Gasteiger partial charge on any atom is -0.394 e. The van der Waals surface area contributed by atoms with Gasteiger partial charge >= 0.3 is 15.2 Å². The molecule has 1 aliphatic heterocycles. The molecule has 0 spiro atoms. The Balaban J connectivity index is 3.20. The molecule has 0 aromatic rings. The largest absolute Gasteiger partial charge is 0.394 e. The van der Waals surface area contributed by atoms with E-state index in [0.717, 1.165) is 0 Å². The lowest BCUT2D eigenvalue weighted by Crippen LogP contribution is -2.69. The molecule has 0 bridgehead atoms. The molecule has 0 saturated carbocycles. The Hall–Kier alpha value is -0.330. The van der Waals surface area contributed by atoms with Gasteiger partial charge in [0.25, 0.3) is 0 Å². The normalized spacial score (nSPS) is 39.2. The van der Waals surface area contributed by atoms with E-state index < -0.39 is 46.3 Å². The second-order valence-electron chi connectivity index (χ2n) is 5.05. The van der Waals surface area contributed by atoms with Crippen LogP contribution in [0.25, 0.3) is 0 Å². The number of aliphatic hydroxyl groups is 4. The monoisotopic (exact) mass is 316 g/mol. The van der Waals surface area contributed by atoms with Gasteiger partial charge in [0.15, 0.2) is 6.10 Å². The third kappa shape index (κ3) is 3.12. The zero-order valence-corrected chi connectivity index (χ0v) is 11.9. The van der Waals surface area contributed by atoms with E-state index in [4.69, 9.17) is 14.6 Å². The fourth-order valence-electron chi connectivity index (χ4n) is 1.80. The summed E-state index contributed by atoms with van der Waals surface area (Å²) in [5.41, 5.74) is 0. The Kier molecular flexibility index (Phi) is 5.49. The minimum atomic E-state index is -5.11. The number of ether oxygens (including phenoxy) is 2. The molecule has 0 aromatic carbocycles. The molecule has 1 saturated heterocycles. The average molecular weight is 316 g/mol. The van der Waals surface area contributed by atoms with E-state index in [1.165, 1.54) is 0 Å². The van der Waals surface area contributed by atoms with Crippen molar-refractivity contribution in [2.45, 2.75) is 43.4 Å². The van der Waals surface area contributed by atoms with E-state index in [0.29, 0.717) is 0 Å². The average Bonchev–Trinajstić information content (AvgIpc) is 2.34. The number of rotatable bonds is 5. The van der Waals surface area contributed by atoms with E-state index in [1.807, 2.05) is 0 Å². The summed E-state index contributed by atoms with van der Waals surface area (Å²) in [7, 11) is -5.11. The molecule has 1 rings (SSSR count). The van der Waals surface area contributed by atoms with Crippen LogP contribution in [0.2, 0.25) is 0 Å². The highest BCUT2D eigenvalue weighted by atomic mass is 32.2. The van der Waals surface area contributed by atoms with E-state index in [-0.39, 0.29) is 12.5 Å². The molecule has 0 aliphatic carbocycles. The Morgan fingerprint density at radius 2 is 1.80 bits per heavy atom. The van der Waals surface area contributed by atoms with Gasteiger partial charge in [-0.1, -0.05) is 13.8 Å². The van der Waals surface area contributed by atoms with Crippen molar-refractivity contribution in [1.29, 1.82) is 0 Å². The first-order valence-electron chi connectivity index (χ1n) is 6.00. The summed E-state index contributed by atoms with van der Waals surface area (Å²) in [5, 5.41) is 35.1. The van der Waals surface area contributed by atoms with Gasteiger partial charge in [-0.2, -0.15) is 8.42 Å². The Bertz CT molecular complexity index is 420. The van der Waals surface area contributed by atoms with Crippen molar-refractivity contribution in [1.82, 2.24) is 0 Å². The lowest BCUT2D eigenvalue weighted by Gasteiger charge is -2.45. The highest BCUT2D eigenvalue weighted by molar-refractivity contribution is 7.87. The predicted molar refractivity (Wildman–Crippen MR) is 65.0 cm³/mol. The van der Waals surface area contributed by atoms with E-state index in [1.54, 1.807) is 13.8 Å². The molecule has 10 heteroatoms. The van der Waals surface area contributed by atoms with Crippen LogP contribution >= 0.6 is 0 Å². The van der Waals surface area contributed by atoms with Crippen LogP contribution in [0.5, 0.6) is 0 Å². The number of hydrogen-bond acceptors (Lipinski definition) is 8. The maximum Gasteiger partial charge on any atom is 0.329 e. The van der Waals surface area contributed by atoms with Crippen molar-refractivity contribution in [2.24, 2.45) is 5.92 Å². The lowest BCUT2D eigenvalue weighted by molar-refractivity contribution is -0.327. The second-order valence-corrected chi connectivity index (χ2v) is 6.57. The molecular weight excluding hydrogens is 296 g/mol. The Morgan fingerprint density at radius 3 is 2.20 bits per heavy atom. The van der Waals surface area contributed by atoms with Gasteiger partial charge in [0.05, 0.1) is 13.2 Å². The third-order valence-corrected chi connectivity index (χ3v) is 4.06. The quantitative estimate of drug-likeness (QED) is 0.351. The van der Waals surface area contributed by atoms with Gasteiger partial charge < -0.3 is 29.9 Å². The van der Waals surface area contributed by atoms with Crippen LogP contribution in [0.1, 0.15) is 13.8 Å². The SMILES string of the molecule is CC(C)CO[C@]1(S(=O)(=O)O)O[C@H](CO)[C@H](O)[C@H](O)[C@H]1O. The Labute approximate surface area is 116 Å². The molecule has 120 valence electrons. The molecular formula is C10H20O9S. The van der Waals surface area contributed by atoms with Crippen LogP contribution in [-0.2, 0) is 19.6 Å². The highest BCUT2D eigenvalue weighted by Gasteiger charge is 2.62. The summed E-state index contributed by atoms with van der Waals surface area (Å²) in [6.45, 7) is 2.31. The van der Waals surface area contributed by atoms with Gasteiger partial charge in [-0.05, 0) is 5.92 Å². The van der Waals surface area contributed by atoms with Crippen LogP contribution in [0, 0.1) is 5.92 Å². The van der Waals surface area contributed by atoms with Crippen molar-refractivity contribution in [3.05, 3.63) is 0 Å². The zero-order chi connectivity index (χ0) is 15.7. The van der Waals surface area contributed by atoms with E-state index in [2.05, 4.69) is 0 Å². The number of aliphatic hydroxyl groups excluding tert-OH is 4. The van der Waals surface area contributed by atoms with Crippen molar-refractivity contribution in [2.75, 3.05) is 13.2 Å². The molecule has 9 nitrogen and oxygen atoms in total. The fraction of sp³-hybridized carbons (Fsp3) is 1.00. The van der Waals surface area contributed by atoms with E-state index in [9.17, 15) is 28.3 Å². The standard InChI is InChI=1S/C10H20O9S/c1-5(2)4-18-10(20(15,16)17)9(14)8(13)7(12)6(3-11)19-10/h5-9,11-14H,3-4H2,1-2H3,(H,15,16,17)/t6-,7+,8+,9-,10+/m1/s1. The smallest absolute Gasteiger partial charge is 0.329 e. The lowest BCUT2D eigenvalue weighted by atomic mass is 9.99. The number of hydrogen-bond donors (Lipinski definition) is 5.